The number of nitrogens with one attached hydrogen (secondary N) is 1. The van der Waals surface area contributed by atoms with Gasteiger partial charge in [-0.05, 0) is 92.6 Å². The number of aliphatic imine (C=N–C) groups is 1. The molecule has 0 spiro atoms. The van der Waals surface area contributed by atoms with Gasteiger partial charge < -0.3 is 20.2 Å². The van der Waals surface area contributed by atoms with E-state index >= 15 is 0 Å². The molecule has 3 aromatic carbocycles. The molecule has 1 unspecified atom stereocenters. The Bertz CT molecular complexity index is 1440. The highest BCUT2D eigenvalue weighted by atomic mass is 19.1. The molecular weight excluding hydrogens is 511 g/mol. The van der Waals surface area contributed by atoms with Crippen molar-refractivity contribution in [3.05, 3.63) is 89.2 Å². The molecule has 0 fully saturated rings. The van der Waals surface area contributed by atoms with E-state index in [0.717, 1.165) is 24.2 Å². The second-order valence-corrected chi connectivity index (χ2v) is 10.1. The fourth-order valence-electron chi connectivity index (χ4n) is 4.69. The normalized spacial score (nSPS) is 14.7. The number of rotatable bonds is 11. The molecule has 2 amide bonds. The summed E-state index contributed by atoms with van der Waals surface area (Å²) in [6.45, 7) is 0.831. The van der Waals surface area contributed by atoms with Crippen molar-refractivity contribution in [3.8, 4) is 0 Å². The van der Waals surface area contributed by atoms with Crippen molar-refractivity contribution in [1.29, 1.82) is 0 Å². The lowest BCUT2D eigenvalue weighted by Gasteiger charge is -2.18. The first kappa shape index (κ1) is 28.6. The summed E-state index contributed by atoms with van der Waals surface area (Å²) in [6, 6.07) is 18.7. The zero-order valence-electron chi connectivity index (χ0n) is 22.9. The molecular formula is C31H33FN4O4. The van der Waals surface area contributed by atoms with E-state index in [1.807, 2.05) is 49.3 Å². The summed E-state index contributed by atoms with van der Waals surface area (Å²) in [6.07, 6.45) is 1.51. The minimum atomic E-state index is -0.897. The summed E-state index contributed by atoms with van der Waals surface area (Å²) in [5.74, 6) is -2.44. The number of nitrogens with zero attached hydrogens (tertiary/aromatic N) is 3. The highest BCUT2D eigenvalue weighted by molar-refractivity contribution is 6.24. The van der Waals surface area contributed by atoms with E-state index in [9.17, 15) is 18.8 Å². The maximum Gasteiger partial charge on any atom is 0.303 e. The van der Waals surface area contributed by atoms with Crippen LogP contribution in [0.1, 0.15) is 41.9 Å². The number of amides is 2. The van der Waals surface area contributed by atoms with Gasteiger partial charge in [-0.3, -0.25) is 19.4 Å². The van der Waals surface area contributed by atoms with Crippen LogP contribution in [0.2, 0.25) is 0 Å². The first-order valence-electron chi connectivity index (χ1n) is 13.1. The van der Waals surface area contributed by atoms with E-state index in [-0.39, 0.29) is 18.2 Å². The van der Waals surface area contributed by atoms with E-state index in [2.05, 4.69) is 5.32 Å². The van der Waals surface area contributed by atoms with Gasteiger partial charge in [0.1, 0.15) is 11.7 Å². The summed E-state index contributed by atoms with van der Waals surface area (Å²) >= 11 is 0. The number of hydrogen-bond acceptors (Lipinski definition) is 5. The fourth-order valence-corrected chi connectivity index (χ4v) is 4.69. The van der Waals surface area contributed by atoms with Gasteiger partial charge >= 0.3 is 5.97 Å². The van der Waals surface area contributed by atoms with Crippen LogP contribution >= 0.6 is 0 Å². The number of benzene rings is 3. The number of aryl methyl sites for hydroxylation is 1. The van der Waals surface area contributed by atoms with Crippen LogP contribution < -0.4 is 10.2 Å². The van der Waals surface area contributed by atoms with Crippen LogP contribution in [0.25, 0.3) is 0 Å². The van der Waals surface area contributed by atoms with Crippen LogP contribution in [0, 0.1) is 5.82 Å². The molecule has 0 saturated heterocycles. The van der Waals surface area contributed by atoms with E-state index in [1.54, 1.807) is 36.2 Å². The molecule has 4 rings (SSSR count). The topological polar surface area (TPSA) is 102 Å². The highest BCUT2D eigenvalue weighted by Crippen LogP contribution is 2.37. The van der Waals surface area contributed by atoms with E-state index in [0.29, 0.717) is 41.1 Å². The molecule has 1 aliphatic heterocycles. The smallest absolute Gasteiger partial charge is 0.303 e. The number of carbonyl (C=O) groups is 3. The van der Waals surface area contributed by atoms with Gasteiger partial charge in [0.05, 0.1) is 11.4 Å². The minimum absolute atomic E-state index is 0.0171. The number of fused-ring (bicyclic) bond motifs is 1. The number of carboxylic acid groups (broad SMARTS) is 1. The Kier molecular flexibility index (Phi) is 9.06. The zero-order chi connectivity index (χ0) is 28.8. The molecule has 0 aliphatic carbocycles. The maximum atomic E-state index is 13.9. The number of carbonyl (C=O) groups excluding carboxylic acids is 2. The van der Waals surface area contributed by atoms with Crippen molar-refractivity contribution in [3.63, 3.8) is 0 Å². The van der Waals surface area contributed by atoms with Crippen molar-refractivity contribution in [2.24, 2.45) is 4.99 Å². The van der Waals surface area contributed by atoms with Gasteiger partial charge in [0, 0.05) is 31.3 Å². The maximum absolute atomic E-state index is 13.9. The first-order valence-corrected chi connectivity index (χ1v) is 13.1. The molecule has 0 radical (unpaired) electrons. The monoisotopic (exact) mass is 544 g/mol. The molecule has 1 atom stereocenters. The van der Waals surface area contributed by atoms with Gasteiger partial charge in [-0.2, -0.15) is 0 Å². The third kappa shape index (κ3) is 6.98. The van der Waals surface area contributed by atoms with Gasteiger partial charge in [-0.1, -0.05) is 24.3 Å². The van der Waals surface area contributed by atoms with Gasteiger partial charge in [0.25, 0.3) is 0 Å². The predicted molar refractivity (Wildman–Crippen MR) is 154 cm³/mol. The van der Waals surface area contributed by atoms with Crippen molar-refractivity contribution in [2.45, 2.75) is 31.6 Å². The van der Waals surface area contributed by atoms with Gasteiger partial charge in [0.2, 0.25) is 11.8 Å². The number of carboxylic acids is 1. The zero-order valence-corrected chi connectivity index (χ0v) is 22.9. The summed E-state index contributed by atoms with van der Waals surface area (Å²) in [7, 11) is 5.68. The predicted octanol–water partition coefficient (Wildman–Crippen LogP) is 5.00. The molecule has 0 bridgehead atoms. The Morgan fingerprint density at radius 3 is 2.45 bits per heavy atom. The third-order valence-corrected chi connectivity index (χ3v) is 6.83. The second kappa shape index (κ2) is 12.7. The number of hydrogen-bond donors (Lipinski definition) is 2. The van der Waals surface area contributed by atoms with Crippen LogP contribution in [0.4, 0.5) is 21.5 Å². The fraction of sp³-hybridized carbons (Fsp3) is 0.290. The Hall–Kier alpha value is -4.37. The van der Waals surface area contributed by atoms with Crippen LogP contribution in [-0.4, -0.2) is 61.2 Å². The Balaban J connectivity index is 1.67. The van der Waals surface area contributed by atoms with Crippen LogP contribution in [0.5, 0.6) is 0 Å². The van der Waals surface area contributed by atoms with Gasteiger partial charge in [-0.15, -0.1) is 0 Å². The average molecular weight is 545 g/mol. The van der Waals surface area contributed by atoms with Crippen molar-refractivity contribution < 1.29 is 23.9 Å². The summed E-state index contributed by atoms with van der Waals surface area (Å²) in [5, 5.41) is 11.9. The summed E-state index contributed by atoms with van der Waals surface area (Å²) < 4.78 is 13.9. The van der Waals surface area contributed by atoms with E-state index in [1.165, 1.54) is 12.1 Å². The molecule has 1 aliphatic rings. The number of anilines is 2. The average Bonchev–Trinajstić information content (AvgIpc) is 3.24. The van der Waals surface area contributed by atoms with Gasteiger partial charge in [-0.25, -0.2) is 4.39 Å². The standard InChI is InChI=1S/C31H33FN4O4/c1-35(2)17-5-8-27(37)36(3)24-13-11-23(12-14-24)33-30(21-7-4-6-20(18-21)9-16-28(38)39)29-25-15-10-22(32)19-26(25)34-31(29)40/h4,6-7,10-15,18-19,29H,5,8-9,16-17H2,1-3H3,(H,34,40)(H,38,39). The van der Waals surface area contributed by atoms with Crippen molar-refractivity contribution >= 4 is 40.6 Å². The van der Waals surface area contributed by atoms with Crippen LogP contribution in [0.3, 0.4) is 0 Å². The highest BCUT2D eigenvalue weighted by Gasteiger charge is 2.35. The molecule has 3 aromatic rings. The largest absolute Gasteiger partial charge is 0.481 e. The third-order valence-electron chi connectivity index (χ3n) is 6.83. The Morgan fingerprint density at radius 1 is 1.00 bits per heavy atom. The number of aliphatic carboxylic acids is 1. The Morgan fingerprint density at radius 2 is 1.75 bits per heavy atom. The number of halogens is 1. The molecule has 2 N–H and O–H groups in total. The molecule has 0 saturated carbocycles. The van der Waals surface area contributed by atoms with Crippen LogP contribution in [-0.2, 0) is 20.8 Å². The molecule has 9 heteroatoms. The Labute approximate surface area is 233 Å². The van der Waals surface area contributed by atoms with E-state index < -0.39 is 17.7 Å². The SMILES string of the molecule is CN(C)CCCC(=O)N(C)c1ccc(N=C(c2cccc(CCC(=O)O)c2)C2C(=O)Nc3cc(F)ccc32)cc1. The van der Waals surface area contributed by atoms with Gasteiger partial charge in [0.15, 0.2) is 0 Å². The van der Waals surface area contributed by atoms with Crippen molar-refractivity contribution in [2.75, 3.05) is 37.9 Å². The second-order valence-electron chi connectivity index (χ2n) is 10.1. The van der Waals surface area contributed by atoms with E-state index in [4.69, 9.17) is 10.1 Å². The minimum Gasteiger partial charge on any atom is -0.481 e. The first-order chi connectivity index (χ1) is 19.1. The molecule has 1 heterocycles. The molecule has 208 valence electrons. The quantitative estimate of drug-likeness (QED) is 0.331. The molecule has 8 nitrogen and oxygen atoms in total. The summed E-state index contributed by atoms with van der Waals surface area (Å²) in [5.41, 5.74) is 4.24. The lowest BCUT2D eigenvalue weighted by molar-refractivity contribution is -0.137. The van der Waals surface area contributed by atoms with Crippen LogP contribution in [0.15, 0.2) is 71.7 Å². The lowest BCUT2D eigenvalue weighted by Crippen LogP contribution is -2.27. The summed E-state index contributed by atoms with van der Waals surface area (Å²) in [4.78, 5) is 45.4. The molecule has 40 heavy (non-hydrogen) atoms. The lowest BCUT2D eigenvalue weighted by atomic mass is 9.89. The van der Waals surface area contributed by atoms with Crippen molar-refractivity contribution in [1.82, 2.24) is 4.90 Å². The molecule has 0 aromatic heterocycles.